The molecule has 14 heavy (non-hydrogen) atoms. The third-order valence-electron chi connectivity index (χ3n) is 2.69. The first-order valence-corrected chi connectivity index (χ1v) is 5.29. The molecule has 0 saturated carbocycles. The molecular weight excluding hydrogens is 180 g/mol. The summed E-state index contributed by atoms with van der Waals surface area (Å²) in [6, 6.07) is 0.110. The lowest BCUT2D eigenvalue weighted by molar-refractivity contribution is -0.125. The van der Waals surface area contributed by atoms with Crippen LogP contribution >= 0.6 is 0 Å². The van der Waals surface area contributed by atoms with E-state index in [2.05, 4.69) is 5.32 Å². The second kappa shape index (κ2) is 5.32. The van der Waals surface area contributed by atoms with Crippen molar-refractivity contribution in [1.82, 2.24) is 5.32 Å². The van der Waals surface area contributed by atoms with Crippen molar-refractivity contribution in [2.24, 2.45) is 11.7 Å². The minimum Gasteiger partial charge on any atom is -0.378 e. The quantitative estimate of drug-likeness (QED) is 0.684. The fourth-order valence-corrected chi connectivity index (χ4v) is 1.65. The summed E-state index contributed by atoms with van der Waals surface area (Å²) in [6.07, 6.45) is 1.92. The predicted octanol–water partition coefficient (Wildman–Crippen LogP) is 0.265. The third kappa shape index (κ3) is 2.96. The molecule has 1 rings (SSSR count). The Hall–Kier alpha value is -0.610. The average Bonchev–Trinajstić information content (AvgIpc) is 2.61. The van der Waals surface area contributed by atoms with Gasteiger partial charge in [0.05, 0.1) is 18.6 Å². The smallest absolute Gasteiger partial charge is 0.225 e. The molecule has 1 aliphatic rings. The van der Waals surface area contributed by atoms with Crippen molar-refractivity contribution in [3.05, 3.63) is 0 Å². The number of rotatable bonds is 4. The first-order valence-electron chi connectivity index (χ1n) is 5.29. The molecule has 3 N–H and O–H groups in total. The van der Waals surface area contributed by atoms with Gasteiger partial charge in [-0.05, 0) is 19.8 Å². The van der Waals surface area contributed by atoms with Gasteiger partial charge < -0.3 is 15.8 Å². The Balaban J connectivity index is 2.34. The molecule has 0 aromatic rings. The molecule has 0 radical (unpaired) electrons. The summed E-state index contributed by atoms with van der Waals surface area (Å²) >= 11 is 0. The monoisotopic (exact) mass is 200 g/mol. The van der Waals surface area contributed by atoms with Crippen LogP contribution in [0.25, 0.3) is 0 Å². The predicted molar refractivity (Wildman–Crippen MR) is 54.8 cm³/mol. The van der Waals surface area contributed by atoms with Gasteiger partial charge in [-0.15, -0.1) is 0 Å². The zero-order valence-electron chi connectivity index (χ0n) is 8.95. The summed E-state index contributed by atoms with van der Waals surface area (Å²) < 4.78 is 5.34. The Morgan fingerprint density at radius 3 is 2.86 bits per heavy atom. The number of nitrogens with two attached hydrogens (primary N) is 1. The van der Waals surface area contributed by atoms with Crippen molar-refractivity contribution >= 4 is 5.91 Å². The van der Waals surface area contributed by atoms with Gasteiger partial charge in [0, 0.05) is 12.6 Å². The van der Waals surface area contributed by atoms with Gasteiger partial charge in [-0.1, -0.05) is 6.92 Å². The highest BCUT2D eigenvalue weighted by molar-refractivity contribution is 5.79. The second-order valence-electron chi connectivity index (χ2n) is 3.93. The minimum atomic E-state index is 0.0191. The Bertz CT molecular complexity index is 193. The molecular formula is C10H20N2O2. The lowest BCUT2D eigenvalue weighted by Crippen LogP contribution is -2.42. The summed E-state index contributed by atoms with van der Waals surface area (Å²) in [4.78, 5) is 11.7. The molecule has 1 heterocycles. The lowest BCUT2D eigenvalue weighted by Gasteiger charge is -2.16. The van der Waals surface area contributed by atoms with E-state index in [0.717, 1.165) is 12.8 Å². The molecule has 4 nitrogen and oxygen atoms in total. The number of carbonyl (C=O) groups is 1. The van der Waals surface area contributed by atoms with E-state index in [-0.39, 0.29) is 24.0 Å². The zero-order chi connectivity index (χ0) is 10.6. The van der Waals surface area contributed by atoms with Crippen LogP contribution in [0.4, 0.5) is 0 Å². The van der Waals surface area contributed by atoms with Crippen molar-refractivity contribution in [1.29, 1.82) is 0 Å². The van der Waals surface area contributed by atoms with Gasteiger partial charge in [0.25, 0.3) is 0 Å². The van der Waals surface area contributed by atoms with Gasteiger partial charge in [0.15, 0.2) is 0 Å². The van der Waals surface area contributed by atoms with E-state index < -0.39 is 0 Å². The number of hydrogen-bond donors (Lipinski definition) is 2. The molecule has 1 aliphatic heterocycles. The van der Waals surface area contributed by atoms with Crippen molar-refractivity contribution in [2.75, 3.05) is 13.2 Å². The van der Waals surface area contributed by atoms with Crippen molar-refractivity contribution in [3.8, 4) is 0 Å². The average molecular weight is 200 g/mol. The highest BCUT2D eigenvalue weighted by Gasteiger charge is 2.28. The Kier molecular flexibility index (Phi) is 4.35. The van der Waals surface area contributed by atoms with E-state index in [1.807, 2.05) is 13.8 Å². The van der Waals surface area contributed by atoms with E-state index >= 15 is 0 Å². The summed E-state index contributed by atoms with van der Waals surface area (Å²) in [7, 11) is 0. The molecule has 1 amide bonds. The third-order valence-corrected chi connectivity index (χ3v) is 2.69. The molecule has 0 aromatic carbocycles. The van der Waals surface area contributed by atoms with E-state index in [1.54, 1.807) is 0 Å². The van der Waals surface area contributed by atoms with E-state index in [4.69, 9.17) is 10.5 Å². The van der Waals surface area contributed by atoms with Crippen molar-refractivity contribution in [3.63, 3.8) is 0 Å². The Morgan fingerprint density at radius 1 is 1.71 bits per heavy atom. The van der Waals surface area contributed by atoms with Crippen LogP contribution in [0, 0.1) is 5.92 Å². The topological polar surface area (TPSA) is 64.3 Å². The van der Waals surface area contributed by atoms with E-state index in [0.29, 0.717) is 13.2 Å². The van der Waals surface area contributed by atoms with Crippen LogP contribution in [-0.2, 0) is 9.53 Å². The van der Waals surface area contributed by atoms with Crippen LogP contribution in [0.3, 0.4) is 0 Å². The number of nitrogens with one attached hydrogen (secondary N) is 1. The molecule has 0 spiro atoms. The highest BCUT2D eigenvalue weighted by atomic mass is 16.5. The van der Waals surface area contributed by atoms with E-state index in [9.17, 15) is 4.79 Å². The molecule has 3 atom stereocenters. The number of carbonyl (C=O) groups excluding carboxylic acids is 1. The molecule has 0 aliphatic carbocycles. The second-order valence-corrected chi connectivity index (χ2v) is 3.93. The van der Waals surface area contributed by atoms with Crippen molar-refractivity contribution in [2.45, 2.75) is 38.8 Å². The van der Waals surface area contributed by atoms with E-state index in [1.165, 1.54) is 0 Å². The van der Waals surface area contributed by atoms with Gasteiger partial charge in [0.2, 0.25) is 5.91 Å². The van der Waals surface area contributed by atoms with Crippen LogP contribution in [-0.4, -0.2) is 31.2 Å². The summed E-state index contributed by atoms with van der Waals surface area (Å²) in [5, 5.41) is 2.93. The van der Waals surface area contributed by atoms with Crippen LogP contribution in [0.2, 0.25) is 0 Å². The maximum atomic E-state index is 11.7. The molecule has 82 valence electrons. The SMILES string of the molecule is CCC(CN)NC(=O)C1COC(C)C1. The molecule has 1 fully saturated rings. The fraction of sp³-hybridized carbons (Fsp3) is 0.900. The number of amides is 1. The number of ether oxygens (including phenoxy) is 1. The minimum absolute atomic E-state index is 0.0191. The first-order chi connectivity index (χ1) is 6.67. The van der Waals surface area contributed by atoms with Gasteiger partial charge in [-0.25, -0.2) is 0 Å². The van der Waals surface area contributed by atoms with Crippen LogP contribution in [0.5, 0.6) is 0 Å². The van der Waals surface area contributed by atoms with Gasteiger partial charge in [-0.3, -0.25) is 4.79 Å². The molecule has 4 heteroatoms. The summed E-state index contributed by atoms with van der Waals surface area (Å²) in [5.74, 6) is 0.109. The normalized spacial score (nSPS) is 28.8. The fourth-order valence-electron chi connectivity index (χ4n) is 1.65. The maximum absolute atomic E-state index is 11.7. The maximum Gasteiger partial charge on any atom is 0.225 e. The molecule has 3 unspecified atom stereocenters. The Labute approximate surface area is 85.2 Å². The van der Waals surface area contributed by atoms with Gasteiger partial charge >= 0.3 is 0 Å². The van der Waals surface area contributed by atoms with Crippen molar-refractivity contribution < 1.29 is 9.53 Å². The zero-order valence-corrected chi connectivity index (χ0v) is 8.95. The standard InChI is InChI=1S/C10H20N2O2/c1-3-9(5-11)12-10(13)8-4-7(2)14-6-8/h7-9H,3-6,11H2,1-2H3,(H,12,13). The summed E-state index contributed by atoms with van der Waals surface area (Å²) in [6.45, 7) is 5.07. The summed E-state index contributed by atoms with van der Waals surface area (Å²) in [5.41, 5.74) is 5.51. The largest absolute Gasteiger partial charge is 0.378 e. The first kappa shape index (κ1) is 11.5. The highest BCUT2D eigenvalue weighted by Crippen LogP contribution is 2.19. The van der Waals surface area contributed by atoms with Crippen LogP contribution < -0.4 is 11.1 Å². The molecule has 0 bridgehead atoms. The van der Waals surface area contributed by atoms with Gasteiger partial charge in [-0.2, -0.15) is 0 Å². The lowest BCUT2D eigenvalue weighted by atomic mass is 10.0. The molecule has 1 saturated heterocycles. The van der Waals surface area contributed by atoms with Gasteiger partial charge in [0.1, 0.15) is 0 Å². The molecule has 0 aromatic heterocycles. The Morgan fingerprint density at radius 2 is 2.43 bits per heavy atom. The van der Waals surface area contributed by atoms with Crippen LogP contribution in [0.1, 0.15) is 26.7 Å². The number of hydrogen-bond acceptors (Lipinski definition) is 3. The van der Waals surface area contributed by atoms with Crippen LogP contribution in [0.15, 0.2) is 0 Å².